The molecule has 1 amide bonds. The minimum Gasteiger partial charge on any atom is -0.334 e. The molecule has 0 spiro atoms. The highest BCUT2D eigenvalue weighted by Crippen LogP contribution is 2.27. The van der Waals surface area contributed by atoms with Crippen LogP contribution in [0.1, 0.15) is 38.1 Å². The maximum absolute atomic E-state index is 13.1. The highest BCUT2D eigenvalue weighted by molar-refractivity contribution is 6.03. The van der Waals surface area contributed by atoms with Gasteiger partial charge in [0.1, 0.15) is 0 Å². The second-order valence-corrected chi connectivity index (χ2v) is 7.89. The Bertz CT molecular complexity index is 1190. The molecule has 2 aromatic heterocycles. The van der Waals surface area contributed by atoms with Gasteiger partial charge in [0, 0.05) is 40.2 Å². The van der Waals surface area contributed by atoms with Crippen LogP contribution in [0, 0.1) is 0 Å². The number of amides is 1. The lowest BCUT2D eigenvalue weighted by molar-refractivity contribution is 0.0644. The molecule has 0 aliphatic heterocycles. The molecule has 0 radical (unpaired) electrons. The average Bonchev–Trinajstić information content (AvgIpc) is 2.73. The van der Waals surface area contributed by atoms with E-state index in [9.17, 15) is 4.79 Å². The van der Waals surface area contributed by atoms with E-state index in [0.717, 1.165) is 33.1 Å². The number of pyridine rings is 2. The van der Waals surface area contributed by atoms with Gasteiger partial charge in [0.2, 0.25) is 0 Å². The number of carbonyl (C=O) groups excluding carboxylic acids is 1. The number of aromatic nitrogens is 2. The number of hydrogen-bond donors (Lipinski definition) is 0. The number of rotatable bonds is 4. The Morgan fingerprint density at radius 3 is 2.24 bits per heavy atom. The van der Waals surface area contributed by atoms with Crippen molar-refractivity contribution in [1.29, 1.82) is 0 Å². The van der Waals surface area contributed by atoms with E-state index in [4.69, 9.17) is 4.98 Å². The average molecular weight is 383 g/mol. The second kappa shape index (κ2) is 7.63. The quantitative estimate of drug-likeness (QED) is 0.424. The number of fused-ring (bicyclic) bond motifs is 3. The Hall–Kier alpha value is -3.27. The summed E-state index contributed by atoms with van der Waals surface area (Å²) in [5, 5.41) is 2.12. The lowest BCUT2D eigenvalue weighted by atomic mass is 10.0. The standard InChI is InChI=1S/C25H25N3O/c1-16(2)28(17(3)4)25(29)21-8-5-7-20(15-21)22-13-12-19-11-10-18-9-6-14-26-23(18)24(19)27-22/h5-17H,1-4H3. The Kier molecular flexibility index (Phi) is 5.01. The van der Waals surface area contributed by atoms with Crippen molar-refractivity contribution in [3.63, 3.8) is 0 Å². The zero-order valence-corrected chi connectivity index (χ0v) is 17.3. The predicted octanol–water partition coefficient (Wildman–Crippen LogP) is 5.71. The van der Waals surface area contributed by atoms with Crippen molar-refractivity contribution >= 4 is 27.7 Å². The second-order valence-electron chi connectivity index (χ2n) is 7.89. The van der Waals surface area contributed by atoms with Crippen LogP contribution in [0.3, 0.4) is 0 Å². The van der Waals surface area contributed by atoms with Crippen LogP contribution in [0.2, 0.25) is 0 Å². The SMILES string of the molecule is CC(C)N(C(=O)c1cccc(-c2ccc3ccc4cccnc4c3n2)c1)C(C)C. The van der Waals surface area contributed by atoms with Gasteiger partial charge in [0.15, 0.2) is 0 Å². The Balaban J connectivity index is 1.79. The minimum atomic E-state index is 0.0461. The molecule has 2 heterocycles. The third-order valence-corrected chi connectivity index (χ3v) is 5.18. The van der Waals surface area contributed by atoms with E-state index < -0.39 is 0 Å². The summed E-state index contributed by atoms with van der Waals surface area (Å²) < 4.78 is 0. The summed E-state index contributed by atoms with van der Waals surface area (Å²) in [4.78, 5) is 24.4. The first-order chi connectivity index (χ1) is 14.0. The van der Waals surface area contributed by atoms with Crippen molar-refractivity contribution < 1.29 is 4.79 Å². The van der Waals surface area contributed by atoms with E-state index in [1.807, 2.05) is 75.1 Å². The summed E-state index contributed by atoms with van der Waals surface area (Å²) in [5.74, 6) is 0.0461. The van der Waals surface area contributed by atoms with Gasteiger partial charge in [-0.05, 0) is 52.0 Å². The van der Waals surface area contributed by atoms with Crippen LogP contribution >= 0.6 is 0 Å². The first kappa shape index (κ1) is 19.1. The van der Waals surface area contributed by atoms with Gasteiger partial charge in [-0.3, -0.25) is 9.78 Å². The molecule has 0 saturated heterocycles. The molecule has 0 aliphatic rings. The van der Waals surface area contributed by atoms with Gasteiger partial charge in [0.05, 0.1) is 16.7 Å². The number of benzene rings is 2. The van der Waals surface area contributed by atoms with E-state index in [-0.39, 0.29) is 18.0 Å². The zero-order valence-electron chi connectivity index (χ0n) is 17.3. The Morgan fingerprint density at radius 2 is 1.52 bits per heavy atom. The fourth-order valence-electron chi connectivity index (χ4n) is 3.91. The maximum atomic E-state index is 13.1. The molecule has 4 rings (SSSR count). The first-order valence-corrected chi connectivity index (χ1v) is 10.0. The fraction of sp³-hybridized carbons (Fsp3) is 0.240. The lowest BCUT2D eigenvalue weighted by Crippen LogP contribution is -2.42. The van der Waals surface area contributed by atoms with E-state index in [1.165, 1.54) is 0 Å². The molecule has 0 fully saturated rings. The third-order valence-electron chi connectivity index (χ3n) is 5.18. The summed E-state index contributed by atoms with van der Waals surface area (Å²) in [6, 6.07) is 20.2. The topological polar surface area (TPSA) is 46.1 Å². The van der Waals surface area contributed by atoms with Crippen molar-refractivity contribution in [2.24, 2.45) is 0 Å². The lowest BCUT2D eigenvalue weighted by Gasteiger charge is -2.31. The highest BCUT2D eigenvalue weighted by atomic mass is 16.2. The molecule has 0 atom stereocenters. The van der Waals surface area contributed by atoms with E-state index in [2.05, 4.69) is 23.2 Å². The van der Waals surface area contributed by atoms with Gasteiger partial charge in [-0.1, -0.05) is 36.4 Å². The molecule has 0 saturated carbocycles. The number of carbonyl (C=O) groups is 1. The summed E-state index contributed by atoms with van der Waals surface area (Å²) in [6.45, 7) is 8.19. The zero-order chi connectivity index (χ0) is 20.5. The van der Waals surface area contributed by atoms with Crippen molar-refractivity contribution in [2.75, 3.05) is 0 Å². The van der Waals surface area contributed by atoms with Crippen LogP contribution in [0.15, 0.2) is 66.9 Å². The van der Waals surface area contributed by atoms with E-state index in [0.29, 0.717) is 5.56 Å². The smallest absolute Gasteiger partial charge is 0.254 e. The third kappa shape index (κ3) is 3.58. The number of hydrogen-bond acceptors (Lipinski definition) is 3. The molecular formula is C25H25N3O. The molecule has 146 valence electrons. The van der Waals surface area contributed by atoms with Crippen LogP contribution in [-0.2, 0) is 0 Å². The molecule has 0 N–H and O–H groups in total. The van der Waals surface area contributed by atoms with Crippen molar-refractivity contribution in [1.82, 2.24) is 14.9 Å². The van der Waals surface area contributed by atoms with Crippen LogP contribution in [0.4, 0.5) is 0 Å². The summed E-state index contributed by atoms with van der Waals surface area (Å²) in [7, 11) is 0. The normalized spacial score (nSPS) is 11.5. The maximum Gasteiger partial charge on any atom is 0.254 e. The van der Waals surface area contributed by atoms with Gasteiger partial charge in [-0.15, -0.1) is 0 Å². The van der Waals surface area contributed by atoms with Gasteiger partial charge in [0.25, 0.3) is 5.91 Å². The van der Waals surface area contributed by atoms with Gasteiger partial charge in [-0.2, -0.15) is 0 Å². The minimum absolute atomic E-state index is 0.0461. The molecule has 0 bridgehead atoms. The molecular weight excluding hydrogens is 358 g/mol. The van der Waals surface area contributed by atoms with Crippen molar-refractivity contribution in [3.8, 4) is 11.3 Å². The molecule has 4 heteroatoms. The highest BCUT2D eigenvalue weighted by Gasteiger charge is 2.21. The summed E-state index contributed by atoms with van der Waals surface area (Å²) in [5.41, 5.74) is 4.22. The first-order valence-electron chi connectivity index (χ1n) is 10.0. The fourth-order valence-corrected chi connectivity index (χ4v) is 3.91. The molecule has 29 heavy (non-hydrogen) atoms. The molecule has 4 nitrogen and oxygen atoms in total. The monoisotopic (exact) mass is 383 g/mol. The molecule has 2 aromatic carbocycles. The van der Waals surface area contributed by atoms with Crippen LogP contribution < -0.4 is 0 Å². The summed E-state index contributed by atoms with van der Waals surface area (Å²) >= 11 is 0. The van der Waals surface area contributed by atoms with Gasteiger partial charge < -0.3 is 4.90 Å². The Labute approximate surface area is 171 Å². The molecule has 4 aromatic rings. The van der Waals surface area contributed by atoms with E-state index >= 15 is 0 Å². The molecule has 0 unspecified atom stereocenters. The van der Waals surface area contributed by atoms with Crippen LogP contribution in [0.25, 0.3) is 33.1 Å². The van der Waals surface area contributed by atoms with E-state index in [1.54, 1.807) is 6.20 Å². The predicted molar refractivity (Wildman–Crippen MR) is 119 cm³/mol. The Morgan fingerprint density at radius 1 is 0.828 bits per heavy atom. The summed E-state index contributed by atoms with van der Waals surface area (Å²) in [6.07, 6.45) is 1.79. The van der Waals surface area contributed by atoms with Crippen LogP contribution in [-0.4, -0.2) is 32.9 Å². The van der Waals surface area contributed by atoms with Gasteiger partial charge >= 0.3 is 0 Å². The van der Waals surface area contributed by atoms with Crippen LogP contribution in [0.5, 0.6) is 0 Å². The van der Waals surface area contributed by atoms with Crippen molar-refractivity contribution in [2.45, 2.75) is 39.8 Å². The molecule has 0 aliphatic carbocycles. The number of nitrogens with zero attached hydrogens (tertiary/aromatic N) is 3. The van der Waals surface area contributed by atoms with Crippen molar-refractivity contribution in [3.05, 3.63) is 72.4 Å². The largest absolute Gasteiger partial charge is 0.334 e. The van der Waals surface area contributed by atoms with Gasteiger partial charge in [-0.25, -0.2) is 4.98 Å².